The Kier molecular flexibility index (Phi) is 3.93. The number of nitrogens with zero attached hydrogens (tertiary/aromatic N) is 2. The highest BCUT2D eigenvalue weighted by Crippen LogP contribution is 2.33. The maximum atomic E-state index is 11.0. The molecule has 1 aromatic carbocycles. The van der Waals surface area contributed by atoms with Crippen molar-refractivity contribution >= 4 is 15.9 Å². The van der Waals surface area contributed by atoms with Crippen molar-refractivity contribution in [2.24, 2.45) is 7.05 Å². The number of rotatable bonds is 3. The second-order valence-electron chi connectivity index (χ2n) is 6.10. The maximum absolute atomic E-state index is 11.0. The zero-order valence-corrected chi connectivity index (χ0v) is 14.2. The minimum absolute atomic E-state index is 0.653. The van der Waals surface area contributed by atoms with Crippen LogP contribution >= 0.6 is 15.9 Å². The first-order valence-corrected chi connectivity index (χ1v) is 8.30. The van der Waals surface area contributed by atoms with Crippen molar-refractivity contribution in [3.05, 3.63) is 51.3 Å². The second-order valence-corrected chi connectivity index (χ2v) is 7.01. The first-order chi connectivity index (χ1) is 9.99. The Bertz CT molecular complexity index is 665. The van der Waals surface area contributed by atoms with Crippen molar-refractivity contribution in [1.82, 2.24) is 9.78 Å². The minimum atomic E-state index is -0.653. The van der Waals surface area contributed by atoms with Crippen molar-refractivity contribution in [3.8, 4) is 0 Å². The number of aromatic nitrogens is 2. The van der Waals surface area contributed by atoms with E-state index in [4.69, 9.17) is 0 Å². The topological polar surface area (TPSA) is 38.0 Å². The zero-order chi connectivity index (χ0) is 15.0. The van der Waals surface area contributed by atoms with Crippen LogP contribution < -0.4 is 0 Å². The maximum Gasteiger partial charge on any atom is 0.0746 e. The van der Waals surface area contributed by atoms with Crippen molar-refractivity contribution in [3.63, 3.8) is 0 Å². The first-order valence-electron chi connectivity index (χ1n) is 7.50. The standard InChI is InChI=1S/C17H21BrN2O/c1-3-15-9-16(20(2)19-15)11-17(21)7-6-12-8-14(18)5-4-13(12)10-17/h4-5,8-9,21H,3,6-7,10-11H2,1-2H3. The van der Waals surface area contributed by atoms with Crippen LogP contribution in [0.15, 0.2) is 28.7 Å². The van der Waals surface area contributed by atoms with Gasteiger partial charge in [-0.05, 0) is 48.6 Å². The van der Waals surface area contributed by atoms with Gasteiger partial charge in [0.2, 0.25) is 0 Å². The molecule has 1 aliphatic rings. The fourth-order valence-corrected chi connectivity index (χ4v) is 3.62. The van der Waals surface area contributed by atoms with Gasteiger partial charge in [-0.15, -0.1) is 0 Å². The smallest absolute Gasteiger partial charge is 0.0746 e. The fourth-order valence-electron chi connectivity index (χ4n) is 3.21. The van der Waals surface area contributed by atoms with Gasteiger partial charge in [-0.25, -0.2) is 0 Å². The van der Waals surface area contributed by atoms with Gasteiger partial charge in [0.25, 0.3) is 0 Å². The molecule has 3 rings (SSSR count). The van der Waals surface area contributed by atoms with Gasteiger partial charge in [0, 0.05) is 30.1 Å². The van der Waals surface area contributed by atoms with E-state index in [9.17, 15) is 5.11 Å². The summed E-state index contributed by atoms with van der Waals surface area (Å²) in [7, 11) is 1.96. The van der Waals surface area contributed by atoms with Crippen LogP contribution in [0.1, 0.15) is 35.9 Å². The van der Waals surface area contributed by atoms with Gasteiger partial charge >= 0.3 is 0 Å². The third kappa shape index (κ3) is 3.06. The van der Waals surface area contributed by atoms with Crippen LogP contribution in [0.25, 0.3) is 0 Å². The van der Waals surface area contributed by atoms with Gasteiger partial charge in [-0.2, -0.15) is 5.10 Å². The molecular weight excluding hydrogens is 328 g/mol. The summed E-state index contributed by atoms with van der Waals surface area (Å²) < 4.78 is 3.03. The summed E-state index contributed by atoms with van der Waals surface area (Å²) in [5, 5.41) is 15.5. The third-order valence-electron chi connectivity index (χ3n) is 4.45. The van der Waals surface area contributed by atoms with Crippen LogP contribution in [0, 0.1) is 0 Å². The van der Waals surface area contributed by atoms with Crippen molar-refractivity contribution in [2.45, 2.75) is 44.6 Å². The molecule has 0 saturated carbocycles. The van der Waals surface area contributed by atoms with Crippen molar-refractivity contribution < 1.29 is 5.11 Å². The summed E-state index contributed by atoms with van der Waals surface area (Å²) in [6.45, 7) is 2.11. The number of benzene rings is 1. The molecule has 0 amide bonds. The average Bonchev–Trinajstić information content (AvgIpc) is 2.79. The van der Waals surface area contributed by atoms with Crippen LogP contribution in [0.5, 0.6) is 0 Å². The summed E-state index contributed by atoms with van der Waals surface area (Å²) in [6.07, 6.45) is 4.07. The Morgan fingerprint density at radius 1 is 1.33 bits per heavy atom. The largest absolute Gasteiger partial charge is 0.389 e. The lowest BCUT2D eigenvalue weighted by molar-refractivity contribution is 0.0250. The molecule has 0 saturated heterocycles. The molecule has 1 aliphatic carbocycles. The first kappa shape index (κ1) is 14.8. The van der Waals surface area contributed by atoms with Gasteiger partial charge in [-0.1, -0.05) is 28.9 Å². The Hall–Kier alpha value is -1.13. The van der Waals surface area contributed by atoms with Crippen LogP contribution in [0.2, 0.25) is 0 Å². The van der Waals surface area contributed by atoms with Crippen LogP contribution in [0.4, 0.5) is 0 Å². The predicted octanol–water partition coefficient (Wildman–Crippen LogP) is 3.21. The molecule has 1 unspecified atom stereocenters. The molecule has 1 N–H and O–H groups in total. The molecule has 1 aromatic heterocycles. The highest BCUT2D eigenvalue weighted by atomic mass is 79.9. The van der Waals surface area contributed by atoms with Gasteiger partial charge in [-0.3, -0.25) is 4.68 Å². The number of aliphatic hydroxyl groups is 1. The molecule has 2 aromatic rings. The average molecular weight is 349 g/mol. The SMILES string of the molecule is CCc1cc(CC2(O)CCc3cc(Br)ccc3C2)n(C)n1. The van der Waals surface area contributed by atoms with Crippen LogP contribution in [-0.2, 0) is 32.7 Å². The molecule has 112 valence electrons. The Morgan fingerprint density at radius 2 is 2.14 bits per heavy atom. The van der Waals surface area contributed by atoms with Gasteiger partial charge in [0.1, 0.15) is 0 Å². The van der Waals surface area contributed by atoms with E-state index in [2.05, 4.69) is 52.2 Å². The quantitative estimate of drug-likeness (QED) is 0.924. The molecule has 0 fully saturated rings. The molecular formula is C17H21BrN2O. The Balaban J connectivity index is 1.82. The second kappa shape index (κ2) is 5.58. The van der Waals surface area contributed by atoms with E-state index in [1.165, 1.54) is 11.1 Å². The number of aryl methyl sites for hydroxylation is 3. The van der Waals surface area contributed by atoms with E-state index in [0.29, 0.717) is 6.42 Å². The number of fused-ring (bicyclic) bond motifs is 1. The molecule has 1 atom stereocenters. The molecule has 0 spiro atoms. The van der Waals surface area contributed by atoms with Crippen molar-refractivity contribution in [1.29, 1.82) is 0 Å². The molecule has 3 nitrogen and oxygen atoms in total. The summed E-state index contributed by atoms with van der Waals surface area (Å²) in [6, 6.07) is 8.48. The molecule has 4 heteroatoms. The summed E-state index contributed by atoms with van der Waals surface area (Å²) in [4.78, 5) is 0. The summed E-state index contributed by atoms with van der Waals surface area (Å²) in [5.41, 5.74) is 4.18. The lowest BCUT2D eigenvalue weighted by Gasteiger charge is -2.33. The van der Waals surface area contributed by atoms with Crippen LogP contribution in [-0.4, -0.2) is 20.5 Å². The van der Waals surface area contributed by atoms with E-state index >= 15 is 0 Å². The van der Waals surface area contributed by atoms with Crippen LogP contribution in [0.3, 0.4) is 0 Å². The molecule has 0 aliphatic heterocycles. The number of hydrogen-bond donors (Lipinski definition) is 1. The lowest BCUT2D eigenvalue weighted by Crippen LogP contribution is -2.38. The van der Waals surface area contributed by atoms with E-state index in [-0.39, 0.29) is 0 Å². The van der Waals surface area contributed by atoms with Gasteiger partial charge in [0.15, 0.2) is 0 Å². The highest BCUT2D eigenvalue weighted by Gasteiger charge is 2.33. The summed E-state index contributed by atoms with van der Waals surface area (Å²) in [5.74, 6) is 0. The van der Waals surface area contributed by atoms with Crippen molar-refractivity contribution in [2.75, 3.05) is 0 Å². The molecule has 0 bridgehead atoms. The molecule has 0 radical (unpaired) electrons. The lowest BCUT2D eigenvalue weighted by atomic mass is 9.78. The van der Waals surface area contributed by atoms with E-state index in [1.807, 2.05) is 11.7 Å². The number of hydrogen-bond acceptors (Lipinski definition) is 2. The minimum Gasteiger partial charge on any atom is -0.389 e. The Labute approximate surface area is 134 Å². The number of halogens is 1. The Morgan fingerprint density at radius 3 is 2.86 bits per heavy atom. The third-order valence-corrected chi connectivity index (χ3v) is 4.94. The van der Waals surface area contributed by atoms with E-state index < -0.39 is 5.60 Å². The van der Waals surface area contributed by atoms with E-state index in [0.717, 1.165) is 41.5 Å². The fraction of sp³-hybridized carbons (Fsp3) is 0.471. The highest BCUT2D eigenvalue weighted by molar-refractivity contribution is 9.10. The molecule has 21 heavy (non-hydrogen) atoms. The molecule has 1 heterocycles. The zero-order valence-electron chi connectivity index (χ0n) is 12.6. The van der Waals surface area contributed by atoms with Gasteiger partial charge in [0.05, 0.1) is 11.3 Å². The monoisotopic (exact) mass is 348 g/mol. The normalized spacial score (nSPS) is 21.3. The predicted molar refractivity (Wildman–Crippen MR) is 87.4 cm³/mol. The van der Waals surface area contributed by atoms with Gasteiger partial charge < -0.3 is 5.11 Å². The van der Waals surface area contributed by atoms with E-state index in [1.54, 1.807) is 0 Å². The summed E-state index contributed by atoms with van der Waals surface area (Å²) >= 11 is 3.52.